The van der Waals surface area contributed by atoms with Gasteiger partial charge in [0.25, 0.3) is 0 Å². The molecule has 0 radical (unpaired) electrons. The average Bonchev–Trinajstić information content (AvgIpc) is 2.09. The Morgan fingerprint density at radius 3 is 2.69 bits per heavy atom. The smallest absolute Gasteiger partial charge is 0.0451 e. The summed E-state index contributed by atoms with van der Waals surface area (Å²) in [4.78, 5) is 2.23. The molecule has 72 valence electrons. The molecular weight excluding hydrogens is 249 g/mol. The van der Waals surface area contributed by atoms with Crippen molar-refractivity contribution in [3.63, 3.8) is 0 Å². The summed E-state index contributed by atoms with van der Waals surface area (Å²) >= 11 is 9.44. The summed E-state index contributed by atoms with van der Waals surface area (Å²) in [7, 11) is 2.09. The molecule has 3 heteroatoms. The summed E-state index contributed by atoms with van der Waals surface area (Å²) < 4.78 is 0. The van der Waals surface area contributed by atoms with Crippen LogP contribution in [0.1, 0.15) is 5.56 Å². The Kier molecular flexibility index (Phi) is 4.78. The van der Waals surface area contributed by atoms with Crippen LogP contribution in [-0.4, -0.2) is 23.8 Å². The van der Waals surface area contributed by atoms with Gasteiger partial charge in [-0.05, 0) is 18.7 Å². The topological polar surface area (TPSA) is 3.24 Å². The van der Waals surface area contributed by atoms with Crippen LogP contribution in [0.5, 0.6) is 0 Å². The standard InChI is InChI=1S/C10H13BrClN/c1-13(7-6-11)8-9-4-2-3-5-10(9)12/h2-5H,6-8H2,1H3. The van der Waals surface area contributed by atoms with E-state index in [2.05, 4.69) is 33.9 Å². The minimum Gasteiger partial charge on any atom is -0.301 e. The van der Waals surface area contributed by atoms with Gasteiger partial charge < -0.3 is 4.90 Å². The molecule has 0 unspecified atom stereocenters. The lowest BCUT2D eigenvalue weighted by atomic mass is 10.2. The second-order valence-electron chi connectivity index (χ2n) is 3.02. The summed E-state index contributed by atoms with van der Waals surface area (Å²) in [6.45, 7) is 1.94. The first-order valence-corrected chi connectivity index (χ1v) is 5.72. The Morgan fingerprint density at radius 1 is 1.38 bits per heavy atom. The van der Waals surface area contributed by atoms with Gasteiger partial charge in [-0.1, -0.05) is 45.7 Å². The monoisotopic (exact) mass is 261 g/mol. The molecule has 0 saturated carbocycles. The quantitative estimate of drug-likeness (QED) is 0.754. The number of hydrogen-bond acceptors (Lipinski definition) is 1. The fraction of sp³-hybridized carbons (Fsp3) is 0.400. The molecule has 0 amide bonds. The van der Waals surface area contributed by atoms with E-state index in [4.69, 9.17) is 11.6 Å². The fourth-order valence-corrected chi connectivity index (χ4v) is 1.94. The molecule has 0 aliphatic heterocycles. The van der Waals surface area contributed by atoms with E-state index in [9.17, 15) is 0 Å². The number of alkyl halides is 1. The van der Waals surface area contributed by atoms with Crippen molar-refractivity contribution in [1.82, 2.24) is 4.90 Å². The summed E-state index contributed by atoms with van der Waals surface area (Å²) in [6.07, 6.45) is 0. The van der Waals surface area contributed by atoms with Gasteiger partial charge in [-0.3, -0.25) is 0 Å². The minimum atomic E-state index is 0.851. The van der Waals surface area contributed by atoms with E-state index >= 15 is 0 Å². The first kappa shape index (κ1) is 11.0. The van der Waals surface area contributed by atoms with Crippen LogP contribution >= 0.6 is 27.5 Å². The normalized spacial score (nSPS) is 10.8. The van der Waals surface area contributed by atoms with E-state index in [0.29, 0.717) is 0 Å². The van der Waals surface area contributed by atoms with Crippen molar-refractivity contribution in [2.24, 2.45) is 0 Å². The molecule has 0 saturated heterocycles. The lowest BCUT2D eigenvalue weighted by Gasteiger charge is -2.15. The molecule has 0 heterocycles. The van der Waals surface area contributed by atoms with Crippen LogP contribution < -0.4 is 0 Å². The van der Waals surface area contributed by atoms with Crippen LogP contribution in [0, 0.1) is 0 Å². The van der Waals surface area contributed by atoms with Gasteiger partial charge in [-0.15, -0.1) is 0 Å². The highest BCUT2D eigenvalue weighted by Gasteiger charge is 2.02. The largest absolute Gasteiger partial charge is 0.301 e. The summed E-state index contributed by atoms with van der Waals surface area (Å²) in [6, 6.07) is 7.96. The zero-order valence-electron chi connectivity index (χ0n) is 7.63. The van der Waals surface area contributed by atoms with Crippen molar-refractivity contribution >= 4 is 27.5 Å². The molecule has 1 aromatic rings. The highest BCUT2D eigenvalue weighted by molar-refractivity contribution is 9.09. The zero-order valence-corrected chi connectivity index (χ0v) is 9.98. The molecule has 1 aromatic carbocycles. The van der Waals surface area contributed by atoms with Crippen molar-refractivity contribution in [3.05, 3.63) is 34.9 Å². The summed E-state index contributed by atoms with van der Waals surface area (Å²) in [5, 5.41) is 1.84. The lowest BCUT2D eigenvalue weighted by Crippen LogP contribution is -2.19. The number of nitrogens with zero attached hydrogens (tertiary/aromatic N) is 1. The van der Waals surface area contributed by atoms with Gasteiger partial charge >= 0.3 is 0 Å². The number of halogens is 2. The van der Waals surface area contributed by atoms with Gasteiger partial charge in [-0.25, -0.2) is 0 Å². The lowest BCUT2D eigenvalue weighted by molar-refractivity contribution is 0.349. The number of hydrogen-bond donors (Lipinski definition) is 0. The van der Waals surface area contributed by atoms with Crippen molar-refractivity contribution < 1.29 is 0 Å². The van der Waals surface area contributed by atoms with Crippen LogP contribution in [0.25, 0.3) is 0 Å². The van der Waals surface area contributed by atoms with Gasteiger partial charge in [0.2, 0.25) is 0 Å². The van der Waals surface area contributed by atoms with E-state index in [1.54, 1.807) is 0 Å². The average molecular weight is 263 g/mol. The molecule has 0 atom stereocenters. The highest BCUT2D eigenvalue weighted by atomic mass is 79.9. The molecular formula is C10H13BrClN. The molecule has 0 spiro atoms. The predicted molar refractivity (Wildman–Crippen MR) is 61.6 cm³/mol. The molecule has 0 aliphatic carbocycles. The number of rotatable bonds is 4. The summed E-state index contributed by atoms with van der Waals surface area (Å²) in [5.74, 6) is 0. The van der Waals surface area contributed by atoms with Crippen molar-refractivity contribution in [2.75, 3.05) is 18.9 Å². The van der Waals surface area contributed by atoms with Crippen LogP contribution in [0.15, 0.2) is 24.3 Å². The van der Waals surface area contributed by atoms with Crippen molar-refractivity contribution in [3.8, 4) is 0 Å². The fourth-order valence-electron chi connectivity index (χ4n) is 1.14. The van der Waals surface area contributed by atoms with Crippen LogP contribution in [-0.2, 0) is 6.54 Å². The maximum absolute atomic E-state index is 6.03. The molecule has 0 aromatic heterocycles. The third-order valence-electron chi connectivity index (χ3n) is 1.86. The van der Waals surface area contributed by atoms with E-state index in [-0.39, 0.29) is 0 Å². The summed E-state index contributed by atoms with van der Waals surface area (Å²) in [5.41, 5.74) is 1.19. The maximum atomic E-state index is 6.03. The van der Waals surface area contributed by atoms with Gasteiger partial charge in [-0.2, -0.15) is 0 Å². The van der Waals surface area contributed by atoms with Gasteiger partial charge in [0.1, 0.15) is 0 Å². The minimum absolute atomic E-state index is 0.851. The Bertz CT molecular complexity index is 265. The first-order chi connectivity index (χ1) is 6.24. The maximum Gasteiger partial charge on any atom is 0.0451 e. The third kappa shape index (κ3) is 3.67. The Labute approximate surface area is 92.8 Å². The molecule has 1 nitrogen and oxygen atoms in total. The zero-order chi connectivity index (χ0) is 9.68. The van der Waals surface area contributed by atoms with Crippen molar-refractivity contribution in [2.45, 2.75) is 6.54 Å². The number of benzene rings is 1. The van der Waals surface area contributed by atoms with Crippen LogP contribution in [0.4, 0.5) is 0 Å². The first-order valence-electron chi connectivity index (χ1n) is 4.22. The van der Waals surface area contributed by atoms with Crippen LogP contribution in [0.3, 0.4) is 0 Å². The van der Waals surface area contributed by atoms with E-state index in [0.717, 1.165) is 23.4 Å². The molecule has 1 rings (SSSR count). The van der Waals surface area contributed by atoms with Gasteiger partial charge in [0.05, 0.1) is 0 Å². The van der Waals surface area contributed by atoms with Gasteiger partial charge in [0.15, 0.2) is 0 Å². The Balaban J connectivity index is 2.58. The highest BCUT2D eigenvalue weighted by Crippen LogP contribution is 2.16. The molecule has 0 N–H and O–H groups in total. The third-order valence-corrected chi connectivity index (χ3v) is 2.59. The second-order valence-corrected chi connectivity index (χ2v) is 4.22. The van der Waals surface area contributed by atoms with Crippen LogP contribution in [0.2, 0.25) is 5.02 Å². The van der Waals surface area contributed by atoms with E-state index in [1.807, 2.05) is 18.2 Å². The molecule has 0 aliphatic rings. The Hall–Kier alpha value is -0.0500. The SMILES string of the molecule is CN(CCBr)Cc1ccccc1Cl. The van der Waals surface area contributed by atoms with E-state index < -0.39 is 0 Å². The second kappa shape index (κ2) is 5.63. The molecule has 0 bridgehead atoms. The van der Waals surface area contributed by atoms with Gasteiger partial charge in [0, 0.05) is 23.4 Å². The molecule has 0 fully saturated rings. The van der Waals surface area contributed by atoms with Crippen molar-refractivity contribution in [1.29, 1.82) is 0 Å². The Morgan fingerprint density at radius 2 is 2.08 bits per heavy atom. The van der Waals surface area contributed by atoms with E-state index in [1.165, 1.54) is 5.56 Å². The predicted octanol–water partition coefficient (Wildman–Crippen LogP) is 3.17. The molecule has 13 heavy (non-hydrogen) atoms.